The Balaban J connectivity index is 2.83. The van der Waals surface area contributed by atoms with Crippen molar-refractivity contribution in [2.24, 2.45) is 0 Å². The monoisotopic (exact) mass is 1070 g/mol. The molecule has 0 spiro atoms. The average molecular weight is 1070 g/mol. The lowest BCUT2D eigenvalue weighted by Crippen LogP contribution is -2.61. The first-order valence-electron chi connectivity index (χ1n) is 29.3. The van der Waals surface area contributed by atoms with Crippen molar-refractivity contribution in [1.29, 1.82) is 0 Å². The lowest BCUT2D eigenvalue weighted by molar-refractivity contribution is -0.305. The SMILES string of the molecule is CC\C=C/C=C/C=C/C=C\C=C\C=C\CCCCCC(=O)OC1C(OCC(NC(=O)C(O)C/C=C\C/C=C\C/C=C\C/C=C\C/C=C\C/C=C\CC)C(O)/C=C/CCCCCCCCCCCCC)OC(CO)C(O)C1O. The van der Waals surface area contributed by atoms with E-state index < -0.39 is 67.4 Å². The summed E-state index contributed by atoms with van der Waals surface area (Å²) >= 11 is 0. The molecule has 6 N–H and O–H groups in total. The molecule has 1 fully saturated rings. The van der Waals surface area contributed by atoms with E-state index in [0.29, 0.717) is 12.8 Å². The lowest BCUT2D eigenvalue weighted by atomic mass is 9.99. The van der Waals surface area contributed by atoms with E-state index in [2.05, 4.69) is 92.9 Å². The van der Waals surface area contributed by atoms with Crippen molar-refractivity contribution in [3.05, 3.63) is 158 Å². The van der Waals surface area contributed by atoms with E-state index in [0.717, 1.165) is 83.5 Å². The molecule has 77 heavy (non-hydrogen) atoms. The van der Waals surface area contributed by atoms with Crippen LogP contribution in [0, 0.1) is 0 Å². The second kappa shape index (κ2) is 52.0. The first-order chi connectivity index (χ1) is 37.7. The second-order valence-electron chi connectivity index (χ2n) is 19.4. The molecule has 0 aromatic heterocycles. The van der Waals surface area contributed by atoms with Gasteiger partial charge in [-0.05, 0) is 77.0 Å². The molecule has 1 saturated heterocycles. The Morgan fingerprint density at radius 3 is 1.51 bits per heavy atom. The maximum Gasteiger partial charge on any atom is 0.306 e. The van der Waals surface area contributed by atoms with Crippen molar-refractivity contribution in [3.8, 4) is 0 Å². The smallest absolute Gasteiger partial charge is 0.306 e. The van der Waals surface area contributed by atoms with Crippen LogP contribution in [0.2, 0.25) is 0 Å². The summed E-state index contributed by atoms with van der Waals surface area (Å²) in [6.45, 7) is 5.43. The van der Waals surface area contributed by atoms with Crippen LogP contribution in [-0.4, -0.2) is 99.6 Å². The van der Waals surface area contributed by atoms with Crippen molar-refractivity contribution in [1.82, 2.24) is 5.32 Å². The highest BCUT2D eigenvalue weighted by Crippen LogP contribution is 2.26. The Kier molecular flexibility index (Phi) is 47.5. The molecule has 0 aromatic carbocycles. The predicted molar refractivity (Wildman–Crippen MR) is 319 cm³/mol. The van der Waals surface area contributed by atoms with E-state index in [9.17, 15) is 35.1 Å². The number of esters is 1. The number of unbranched alkanes of at least 4 members (excludes halogenated alkanes) is 14. The molecule has 11 heteroatoms. The van der Waals surface area contributed by atoms with Crippen molar-refractivity contribution >= 4 is 11.9 Å². The summed E-state index contributed by atoms with van der Waals surface area (Å²) in [6.07, 6.45) is 65.8. The third kappa shape index (κ3) is 40.2. The van der Waals surface area contributed by atoms with Gasteiger partial charge in [-0.1, -0.05) is 249 Å². The van der Waals surface area contributed by atoms with Crippen LogP contribution in [0.5, 0.6) is 0 Å². The van der Waals surface area contributed by atoms with E-state index >= 15 is 0 Å². The Morgan fingerprint density at radius 1 is 0.532 bits per heavy atom. The summed E-state index contributed by atoms with van der Waals surface area (Å²) in [6, 6.07) is -1.09. The number of carbonyl (C=O) groups excluding carboxylic acids is 2. The minimum atomic E-state index is -1.66. The molecule has 11 nitrogen and oxygen atoms in total. The Hall–Kier alpha value is -4.72. The predicted octanol–water partition coefficient (Wildman–Crippen LogP) is 13.6. The molecule has 0 radical (unpaired) electrons. The minimum absolute atomic E-state index is 0.0432. The molecule has 1 heterocycles. The van der Waals surface area contributed by atoms with E-state index in [1.165, 1.54) is 51.4 Å². The maximum absolute atomic E-state index is 13.4. The van der Waals surface area contributed by atoms with Gasteiger partial charge in [-0.2, -0.15) is 0 Å². The van der Waals surface area contributed by atoms with Gasteiger partial charge in [0, 0.05) is 12.8 Å². The van der Waals surface area contributed by atoms with E-state index in [4.69, 9.17) is 14.2 Å². The van der Waals surface area contributed by atoms with Gasteiger partial charge in [0.15, 0.2) is 12.4 Å². The fourth-order valence-corrected chi connectivity index (χ4v) is 7.99. The molecular weight excluding hydrogens is 967 g/mol. The van der Waals surface area contributed by atoms with Crippen molar-refractivity contribution < 1.29 is 49.3 Å². The van der Waals surface area contributed by atoms with E-state index in [1.54, 1.807) is 12.2 Å². The number of hydrogen-bond acceptors (Lipinski definition) is 10. The summed E-state index contributed by atoms with van der Waals surface area (Å²) < 4.78 is 17.5. The molecule has 8 atom stereocenters. The van der Waals surface area contributed by atoms with Gasteiger partial charge in [0.25, 0.3) is 0 Å². The highest BCUT2D eigenvalue weighted by Gasteiger charge is 2.47. The normalized spacial score (nSPS) is 20.2. The van der Waals surface area contributed by atoms with Gasteiger partial charge in [-0.15, -0.1) is 0 Å². The number of rotatable bonds is 46. The average Bonchev–Trinajstić information content (AvgIpc) is 3.43. The number of hydrogen-bond donors (Lipinski definition) is 6. The third-order valence-corrected chi connectivity index (χ3v) is 12.6. The molecule has 1 aliphatic rings. The van der Waals surface area contributed by atoms with Gasteiger partial charge in [0.2, 0.25) is 5.91 Å². The summed E-state index contributed by atoms with van der Waals surface area (Å²) in [4.78, 5) is 26.5. The molecular formula is C66H103NO10. The number of ether oxygens (including phenoxy) is 3. The zero-order valence-corrected chi connectivity index (χ0v) is 47.5. The van der Waals surface area contributed by atoms with Crippen LogP contribution in [-0.2, 0) is 23.8 Å². The fourth-order valence-electron chi connectivity index (χ4n) is 7.99. The molecule has 0 bridgehead atoms. The molecule has 0 aliphatic carbocycles. The number of aliphatic hydroxyl groups excluding tert-OH is 5. The minimum Gasteiger partial charge on any atom is -0.454 e. The number of amides is 1. The number of aliphatic hydroxyl groups is 5. The number of allylic oxidation sites excluding steroid dienone is 24. The molecule has 1 rings (SSSR count). The second-order valence-corrected chi connectivity index (χ2v) is 19.4. The molecule has 1 amide bonds. The van der Waals surface area contributed by atoms with Crippen molar-refractivity contribution in [2.45, 2.75) is 230 Å². The molecule has 0 aromatic rings. The molecule has 1 aliphatic heterocycles. The fraction of sp³-hybridized carbons (Fsp3) is 0.576. The highest BCUT2D eigenvalue weighted by molar-refractivity contribution is 5.81. The third-order valence-electron chi connectivity index (χ3n) is 12.6. The van der Waals surface area contributed by atoms with Crippen molar-refractivity contribution in [3.63, 3.8) is 0 Å². The largest absolute Gasteiger partial charge is 0.454 e. The van der Waals surface area contributed by atoms with Gasteiger partial charge in [-0.3, -0.25) is 9.59 Å². The van der Waals surface area contributed by atoms with E-state index in [1.807, 2.05) is 79.0 Å². The van der Waals surface area contributed by atoms with Crippen LogP contribution in [0.4, 0.5) is 0 Å². The molecule has 432 valence electrons. The lowest BCUT2D eigenvalue weighted by Gasteiger charge is -2.41. The first kappa shape index (κ1) is 70.3. The summed E-state index contributed by atoms with van der Waals surface area (Å²) in [5, 5.41) is 56.8. The quantitative estimate of drug-likeness (QED) is 0.0149. The maximum atomic E-state index is 13.4. The van der Waals surface area contributed by atoms with Crippen LogP contribution in [0.1, 0.15) is 181 Å². The van der Waals surface area contributed by atoms with Crippen LogP contribution in [0.3, 0.4) is 0 Å². The highest BCUT2D eigenvalue weighted by atomic mass is 16.7. The number of nitrogens with one attached hydrogen (secondary N) is 1. The Labute approximate surface area is 466 Å². The standard InChI is InChI=1S/C66H103NO10/c1-4-7-10-13-16-19-22-25-27-29-31-32-35-38-41-44-47-50-53-59(70)65(74)67-57(58(69)52-49-46-43-40-37-34-24-21-18-15-12-9-6-3)56-75-66-64(63(73)62(72)60(55-68)76-66)77-61(71)54-51-48-45-42-39-36-33-30-28-26-23-20-17-14-11-8-5-2/h7-8,10-11,14,16-17,19-20,23,25-28,30-33,36,38-39,41,47,49-50,52,57-60,62-64,66,68-70,72-73H,4-6,9,12-13,15,18,21-22,24,29,34-35,37,40,42-46,48,51,53-56H2,1-3H3,(H,67,74)/b10-7-,11-8-,17-14+,19-16-,23-20+,27-25-,28-26-,32-31-,33-30+,39-36+,41-38-,50-47-,52-49+. The molecule has 0 saturated carbocycles. The van der Waals surface area contributed by atoms with Gasteiger partial charge < -0.3 is 45.1 Å². The van der Waals surface area contributed by atoms with Gasteiger partial charge >= 0.3 is 5.97 Å². The first-order valence-corrected chi connectivity index (χ1v) is 29.3. The van der Waals surface area contributed by atoms with Crippen molar-refractivity contribution in [2.75, 3.05) is 13.2 Å². The molecule has 8 unspecified atom stereocenters. The van der Waals surface area contributed by atoms with E-state index in [-0.39, 0.29) is 19.4 Å². The van der Waals surface area contributed by atoms with Crippen LogP contribution >= 0.6 is 0 Å². The summed E-state index contributed by atoms with van der Waals surface area (Å²) in [5.74, 6) is -1.35. The van der Waals surface area contributed by atoms with Crippen LogP contribution in [0.15, 0.2) is 158 Å². The van der Waals surface area contributed by atoms with Gasteiger partial charge in [0.05, 0.1) is 25.4 Å². The summed E-state index contributed by atoms with van der Waals surface area (Å²) in [7, 11) is 0. The van der Waals surface area contributed by atoms with Crippen LogP contribution in [0.25, 0.3) is 0 Å². The van der Waals surface area contributed by atoms with Gasteiger partial charge in [0.1, 0.15) is 24.4 Å². The summed E-state index contributed by atoms with van der Waals surface area (Å²) in [5.41, 5.74) is 0. The van der Waals surface area contributed by atoms with Crippen LogP contribution < -0.4 is 5.32 Å². The number of carbonyl (C=O) groups is 2. The Morgan fingerprint density at radius 2 is 0.987 bits per heavy atom. The van der Waals surface area contributed by atoms with Gasteiger partial charge in [-0.25, -0.2) is 0 Å². The zero-order chi connectivity index (χ0) is 56.1. The topological polar surface area (TPSA) is 175 Å². The zero-order valence-electron chi connectivity index (χ0n) is 47.5. The Bertz CT molecular complexity index is 1850.